The molecule has 18 heavy (non-hydrogen) atoms. The molecule has 2 nitrogen and oxygen atoms in total. The summed E-state index contributed by atoms with van der Waals surface area (Å²) in [6.45, 7) is 0. The van der Waals surface area contributed by atoms with E-state index in [0.717, 1.165) is 16.0 Å². The first-order valence-corrected chi connectivity index (χ1v) is 8.13. The third-order valence-corrected chi connectivity index (χ3v) is 4.64. The molecule has 2 atom stereocenters. The highest BCUT2D eigenvalue weighted by atomic mass is 32.2. The normalized spacial score (nSPS) is 23.4. The number of hydrogen-bond acceptors (Lipinski definition) is 2. The van der Waals surface area contributed by atoms with Crippen molar-refractivity contribution < 1.29 is 0 Å². The summed E-state index contributed by atoms with van der Waals surface area (Å²) in [5.74, 6) is 0. The minimum atomic E-state index is 0.528. The second-order valence-electron chi connectivity index (χ2n) is 4.69. The minimum Gasteiger partial charge on any atom is -0.360 e. The number of hydrogen-bond donors (Lipinski definition) is 2. The predicted molar refractivity (Wildman–Crippen MR) is 85.4 cm³/mol. The smallest absolute Gasteiger partial charge is 0.170 e. The van der Waals surface area contributed by atoms with Crippen molar-refractivity contribution in [2.45, 2.75) is 37.0 Å². The summed E-state index contributed by atoms with van der Waals surface area (Å²) < 4.78 is 0. The van der Waals surface area contributed by atoms with Crippen LogP contribution in [0, 0.1) is 0 Å². The molecule has 2 N–H and O–H groups in total. The standard InChI is InChI=1S/C14H20N2S2/c1-18-13-9-5-8-12(10-13)16-14(17)15-11-6-3-2-4-7-11/h2-4,6-7,12-13H,5,8-10H2,1H3,(H2,15,16,17). The minimum absolute atomic E-state index is 0.528. The van der Waals surface area contributed by atoms with Crippen LogP contribution in [-0.2, 0) is 0 Å². The van der Waals surface area contributed by atoms with Crippen molar-refractivity contribution in [1.82, 2.24) is 5.32 Å². The number of thioether (sulfide) groups is 1. The lowest BCUT2D eigenvalue weighted by atomic mass is 9.95. The van der Waals surface area contributed by atoms with Crippen LogP contribution < -0.4 is 10.6 Å². The van der Waals surface area contributed by atoms with Gasteiger partial charge in [0.2, 0.25) is 0 Å². The van der Waals surface area contributed by atoms with Crippen LogP contribution in [0.2, 0.25) is 0 Å². The van der Waals surface area contributed by atoms with E-state index in [-0.39, 0.29) is 0 Å². The van der Waals surface area contributed by atoms with Crippen LogP contribution in [0.5, 0.6) is 0 Å². The Kier molecular flexibility index (Phi) is 5.32. The van der Waals surface area contributed by atoms with Gasteiger partial charge in [-0.15, -0.1) is 0 Å². The van der Waals surface area contributed by atoms with Gasteiger partial charge in [-0.2, -0.15) is 11.8 Å². The van der Waals surface area contributed by atoms with Crippen molar-refractivity contribution in [2.75, 3.05) is 11.6 Å². The molecule has 0 spiro atoms. The molecule has 1 saturated carbocycles. The second-order valence-corrected chi connectivity index (χ2v) is 6.23. The van der Waals surface area contributed by atoms with Crippen LogP contribution >= 0.6 is 24.0 Å². The van der Waals surface area contributed by atoms with E-state index in [1.165, 1.54) is 25.7 Å². The van der Waals surface area contributed by atoms with Crippen LogP contribution in [-0.4, -0.2) is 22.7 Å². The maximum atomic E-state index is 5.36. The molecule has 1 aliphatic carbocycles. The lowest BCUT2D eigenvalue weighted by Gasteiger charge is -2.29. The van der Waals surface area contributed by atoms with Crippen molar-refractivity contribution in [3.8, 4) is 0 Å². The zero-order valence-corrected chi connectivity index (χ0v) is 12.3. The zero-order chi connectivity index (χ0) is 12.8. The van der Waals surface area contributed by atoms with Crippen molar-refractivity contribution in [2.24, 2.45) is 0 Å². The fourth-order valence-corrected chi connectivity index (χ4v) is 3.48. The van der Waals surface area contributed by atoms with Gasteiger partial charge in [0.05, 0.1) is 0 Å². The molecule has 0 aliphatic heterocycles. The van der Waals surface area contributed by atoms with Crippen molar-refractivity contribution in [1.29, 1.82) is 0 Å². The number of benzene rings is 1. The first-order chi connectivity index (χ1) is 8.78. The maximum Gasteiger partial charge on any atom is 0.170 e. The van der Waals surface area contributed by atoms with Gasteiger partial charge in [-0.25, -0.2) is 0 Å². The van der Waals surface area contributed by atoms with Crippen molar-refractivity contribution >= 4 is 34.8 Å². The van der Waals surface area contributed by atoms with Gasteiger partial charge in [0.25, 0.3) is 0 Å². The van der Waals surface area contributed by atoms with Crippen LogP contribution in [0.15, 0.2) is 30.3 Å². The van der Waals surface area contributed by atoms with E-state index in [1.54, 1.807) is 0 Å². The molecule has 1 aromatic carbocycles. The van der Waals surface area contributed by atoms with Gasteiger partial charge < -0.3 is 10.6 Å². The Morgan fingerprint density at radius 1 is 1.28 bits per heavy atom. The average Bonchev–Trinajstić information content (AvgIpc) is 2.40. The molecule has 0 bridgehead atoms. The van der Waals surface area contributed by atoms with Crippen LogP contribution in [0.25, 0.3) is 0 Å². The Balaban J connectivity index is 1.80. The highest BCUT2D eigenvalue weighted by molar-refractivity contribution is 7.99. The van der Waals surface area contributed by atoms with Gasteiger partial charge in [0, 0.05) is 17.0 Å². The van der Waals surface area contributed by atoms with Crippen LogP contribution in [0.4, 0.5) is 5.69 Å². The van der Waals surface area contributed by atoms with Crippen molar-refractivity contribution in [3.05, 3.63) is 30.3 Å². The molecule has 1 aliphatic rings. The monoisotopic (exact) mass is 280 g/mol. The molecule has 1 aromatic rings. The molecule has 0 aromatic heterocycles. The average molecular weight is 280 g/mol. The number of rotatable bonds is 3. The fourth-order valence-electron chi connectivity index (χ4n) is 2.36. The molecule has 0 heterocycles. The summed E-state index contributed by atoms with van der Waals surface area (Å²) in [6, 6.07) is 10.6. The van der Waals surface area contributed by atoms with E-state index in [9.17, 15) is 0 Å². The second kappa shape index (κ2) is 7.00. The Morgan fingerprint density at radius 2 is 2.06 bits per heavy atom. The molecule has 0 saturated heterocycles. The van der Waals surface area contributed by atoms with Gasteiger partial charge in [0.1, 0.15) is 0 Å². The summed E-state index contributed by atoms with van der Waals surface area (Å²) in [6.07, 6.45) is 7.30. The zero-order valence-electron chi connectivity index (χ0n) is 10.7. The molecule has 0 radical (unpaired) electrons. The quantitative estimate of drug-likeness (QED) is 0.825. The molecular formula is C14H20N2S2. The van der Waals surface area contributed by atoms with Gasteiger partial charge in [-0.1, -0.05) is 24.6 Å². The number of anilines is 1. The summed E-state index contributed by atoms with van der Waals surface area (Å²) in [5, 5.41) is 8.21. The van der Waals surface area contributed by atoms with Crippen LogP contribution in [0.3, 0.4) is 0 Å². The molecular weight excluding hydrogens is 260 g/mol. The van der Waals surface area contributed by atoms with Crippen LogP contribution in [0.1, 0.15) is 25.7 Å². The van der Waals surface area contributed by atoms with Gasteiger partial charge >= 0.3 is 0 Å². The first kappa shape index (κ1) is 13.7. The number of nitrogens with one attached hydrogen (secondary N) is 2. The first-order valence-electron chi connectivity index (χ1n) is 6.43. The topological polar surface area (TPSA) is 24.1 Å². The third-order valence-electron chi connectivity index (χ3n) is 3.33. The Bertz CT molecular complexity index is 381. The largest absolute Gasteiger partial charge is 0.360 e. The highest BCUT2D eigenvalue weighted by Crippen LogP contribution is 2.26. The molecule has 98 valence electrons. The number of para-hydroxylation sites is 1. The van der Waals surface area contributed by atoms with E-state index < -0.39 is 0 Å². The Hall–Kier alpha value is -0.740. The van der Waals surface area contributed by atoms with Gasteiger partial charge in [-0.05, 0) is 49.9 Å². The maximum absolute atomic E-state index is 5.36. The van der Waals surface area contributed by atoms with E-state index >= 15 is 0 Å². The molecule has 2 rings (SSSR count). The molecule has 0 amide bonds. The summed E-state index contributed by atoms with van der Waals surface area (Å²) in [5.41, 5.74) is 1.05. The Morgan fingerprint density at radius 3 is 2.78 bits per heavy atom. The highest BCUT2D eigenvalue weighted by Gasteiger charge is 2.21. The van der Waals surface area contributed by atoms with E-state index in [1.807, 2.05) is 42.1 Å². The number of thiocarbonyl (C=S) groups is 1. The van der Waals surface area contributed by atoms with Crippen molar-refractivity contribution in [3.63, 3.8) is 0 Å². The lowest BCUT2D eigenvalue weighted by Crippen LogP contribution is -2.41. The van der Waals surface area contributed by atoms with Gasteiger partial charge in [-0.3, -0.25) is 0 Å². The molecule has 4 heteroatoms. The fraction of sp³-hybridized carbons (Fsp3) is 0.500. The van der Waals surface area contributed by atoms with E-state index in [2.05, 4.69) is 16.9 Å². The van der Waals surface area contributed by atoms with E-state index in [4.69, 9.17) is 12.2 Å². The molecule has 1 fully saturated rings. The van der Waals surface area contributed by atoms with E-state index in [0.29, 0.717) is 6.04 Å². The predicted octanol–water partition coefficient (Wildman–Crippen LogP) is 3.65. The van der Waals surface area contributed by atoms with Gasteiger partial charge in [0.15, 0.2) is 5.11 Å². The summed E-state index contributed by atoms with van der Waals surface area (Å²) in [4.78, 5) is 0. The lowest BCUT2D eigenvalue weighted by molar-refractivity contribution is 0.424. The summed E-state index contributed by atoms with van der Waals surface area (Å²) >= 11 is 7.34. The molecule has 2 unspecified atom stereocenters. The SMILES string of the molecule is CSC1CCCC(NC(=S)Nc2ccccc2)C1. The Labute approximate surface area is 119 Å². The third kappa shape index (κ3) is 4.18. The summed E-state index contributed by atoms with van der Waals surface area (Å²) in [7, 11) is 0.